The van der Waals surface area contributed by atoms with Gasteiger partial charge in [-0.3, -0.25) is 4.79 Å². The van der Waals surface area contributed by atoms with Gasteiger partial charge in [0.25, 0.3) is 0 Å². The predicted octanol–water partition coefficient (Wildman–Crippen LogP) is 18.3. The zero-order valence-corrected chi connectivity index (χ0v) is 71.4. The van der Waals surface area contributed by atoms with Crippen LogP contribution < -0.4 is 5.32 Å². The Bertz CT molecular complexity index is 2320. The van der Waals surface area contributed by atoms with Crippen LogP contribution in [0, 0.1) is 0 Å². The average molecular weight is 1600 g/mol. The van der Waals surface area contributed by atoms with Crippen molar-refractivity contribution in [1.82, 2.24) is 5.32 Å². The van der Waals surface area contributed by atoms with E-state index in [1.807, 2.05) is 6.08 Å². The highest BCUT2D eigenvalue weighted by atomic mass is 16.8. The molecule has 3 rings (SSSR count). The van der Waals surface area contributed by atoms with E-state index in [1.165, 1.54) is 295 Å². The smallest absolute Gasteiger partial charge is 0.220 e. The molecule has 17 atom stereocenters. The normalized spacial score (nSPS) is 25.1. The van der Waals surface area contributed by atoms with Crippen LogP contribution in [0.1, 0.15) is 386 Å². The molecule has 0 aromatic carbocycles. The van der Waals surface area contributed by atoms with Gasteiger partial charge < -0.3 is 89.9 Å². The molecule has 3 aliphatic heterocycles. The molecule has 19 nitrogen and oxygen atoms in total. The first kappa shape index (κ1) is 104. The van der Waals surface area contributed by atoms with Crippen molar-refractivity contribution in [2.45, 2.75) is 491 Å². The quantitative estimate of drug-likeness (QED) is 0.0199. The molecule has 0 aromatic rings. The molecule has 0 radical (unpaired) electrons. The Morgan fingerprint density at radius 3 is 0.947 bits per heavy atom. The Hall–Kier alpha value is -2.77. The van der Waals surface area contributed by atoms with Crippen LogP contribution in [0.2, 0.25) is 0 Å². The van der Waals surface area contributed by atoms with E-state index >= 15 is 0 Å². The highest BCUT2D eigenvalue weighted by molar-refractivity contribution is 5.76. The SMILES string of the molecule is CCCCCCC/C=C\C/C=C\C/C=C\CCCCCCCCCCCCCCCCCCCCCCCCCCC(=O)NC(COC1OC(CO)C(OC2OC(CO)C(OC3OC(CO)C(O)C(O)C3O)C(O)C2O)C(O)C1O)C(O)/C=C/CC/C=C/CC/C=C/CCCCCCCCCCCCCCCCCCCCC. The lowest BCUT2D eigenvalue weighted by molar-refractivity contribution is -0.379. The monoisotopic (exact) mass is 1600 g/mol. The maximum atomic E-state index is 13.5. The molecule has 0 spiro atoms. The first-order valence-electron chi connectivity index (χ1n) is 46.7. The van der Waals surface area contributed by atoms with Gasteiger partial charge in [0.05, 0.1) is 38.6 Å². The number of hydrogen-bond donors (Lipinski definition) is 12. The maximum absolute atomic E-state index is 13.5. The van der Waals surface area contributed by atoms with Gasteiger partial charge in [0.1, 0.15) is 73.2 Å². The molecule has 3 fully saturated rings. The number of allylic oxidation sites excluding steroid dienone is 11. The summed E-state index contributed by atoms with van der Waals surface area (Å²) in [6.45, 7) is 1.75. The fourth-order valence-electron chi connectivity index (χ4n) is 15.5. The number of aliphatic hydroxyl groups excluding tert-OH is 11. The second-order valence-electron chi connectivity index (χ2n) is 33.1. The summed E-state index contributed by atoms with van der Waals surface area (Å²) in [6, 6.07) is -1.00. The van der Waals surface area contributed by atoms with Crippen LogP contribution in [0.5, 0.6) is 0 Å². The summed E-state index contributed by atoms with van der Waals surface area (Å²) in [4.78, 5) is 13.5. The van der Waals surface area contributed by atoms with Crippen LogP contribution in [0.25, 0.3) is 0 Å². The third kappa shape index (κ3) is 51.5. The minimum Gasteiger partial charge on any atom is -0.394 e. The third-order valence-electron chi connectivity index (χ3n) is 23.0. The molecule has 3 aliphatic rings. The van der Waals surface area contributed by atoms with Crippen LogP contribution in [0.4, 0.5) is 0 Å². The molecular formula is C94H171NO18. The van der Waals surface area contributed by atoms with Gasteiger partial charge in [-0.1, -0.05) is 369 Å². The number of carbonyl (C=O) groups excluding carboxylic acids is 1. The van der Waals surface area contributed by atoms with Crippen LogP contribution in [-0.2, 0) is 33.2 Å². The zero-order chi connectivity index (χ0) is 81.7. The Labute approximate surface area is 687 Å². The maximum Gasteiger partial charge on any atom is 0.220 e. The molecule has 0 aromatic heterocycles. The Kier molecular flexibility index (Phi) is 67.6. The van der Waals surface area contributed by atoms with E-state index in [1.54, 1.807) is 6.08 Å². The average Bonchev–Trinajstić information content (AvgIpc) is 0.780. The second-order valence-corrected chi connectivity index (χ2v) is 33.1. The Balaban J connectivity index is 1.32. The lowest BCUT2D eigenvalue weighted by atomic mass is 9.96. The van der Waals surface area contributed by atoms with Gasteiger partial charge in [0, 0.05) is 6.42 Å². The van der Waals surface area contributed by atoms with Gasteiger partial charge in [-0.05, 0) is 83.5 Å². The molecule has 660 valence electrons. The van der Waals surface area contributed by atoms with Gasteiger partial charge in [0.2, 0.25) is 5.91 Å². The number of amides is 1. The van der Waals surface area contributed by atoms with E-state index in [0.717, 1.165) is 57.8 Å². The molecule has 3 saturated heterocycles. The van der Waals surface area contributed by atoms with E-state index in [2.05, 4.69) is 79.9 Å². The van der Waals surface area contributed by atoms with Crippen molar-refractivity contribution in [1.29, 1.82) is 0 Å². The molecule has 3 heterocycles. The van der Waals surface area contributed by atoms with E-state index in [0.29, 0.717) is 12.8 Å². The topological polar surface area (TPSA) is 307 Å². The molecular weight excluding hydrogens is 1430 g/mol. The van der Waals surface area contributed by atoms with Crippen molar-refractivity contribution in [3.8, 4) is 0 Å². The summed E-state index contributed by atoms with van der Waals surface area (Å²) < 4.78 is 34.5. The van der Waals surface area contributed by atoms with E-state index in [4.69, 9.17) is 28.4 Å². The summed E-state index contributed by atoms with van der Waals surface area (Å²) in [5.74, 6) is -0.283. The fraction of sp³-hybridized carbons (Fsp3) is 0.862. The highest BCUT2D eigenvalue weighted by Crippen LogP contribution is 2.34. The van der Waals surface area contributed by atoms with Crippen molar-refractivity contribution >= 4 is 5.91 Å². The summed E-state index contributed by atoms with van der Waals surface area (Å²) in [5, 5.41) is 121. The number of unbranched alkanes of at least 4 members (excludes halogenated alkanes) is 50. The molecule has 17 unspecified atom stereocenters. The lowest BCUT2D eigenvalue weighted by Gasteiger charge is -2.48. The highest BCUT2D eigenvalue weighted by Gasteiger charge is 2.54. The lowest BCUT2D eigenvalue weighted by Crippen LogP contribution is -2.66. The molecule has 12 N–H and O–H groups in total. The predicted molar refractivity (Wildman–Crippen MR) is 457 cm³/mol. The summed E-state index contributed by atoms with van der Waals surface area (Å²) in [5.41, 5.74) is 0. The fourth-order valence-corrected chi connectivity index (χ4v) is 15.5. The van der Waals surface area contributed by atoms with Crippen LogP contribution in [0.15, 0.2) is 72.9 Å². The van der Waals surface area contributed by atoms with Crippen molar-refractivity contribution in [2.24, 2.45) is 0 Å². The van der Waals surface area contributed by atoms with E-state index < -0.39 is 124 Å². The second kappa shape index (κ2) is 73.2. The Morgan fingerprint density at radius 1 is 0.319 bits per heavy atom. The van der Waals surface area contributed by atoms with Crippen LogP contribution in [0.3, 0.4) is 0 Å². The first-order chi connectivity index (χ1) is 55.3. The molecule has 113 heavy (non-hydrogen) atoms. The zero-order valence-electron chi connectivity index (χ0n) is 71.4. The van der Waals surface area contributed by atoms with Crippen LogP contribution in [-0.4, -0.2) is 193 Å². The van der Waals surface area contributed by atoms with Gasteiger partial charge in [-0.15, -0.1) is 0 Å². The minimum absolute atomic E-state index is 0.233. The van der Waals surface area contributed by atoms with Crippen molar-refractivity contribution in [3.05, 3.63) is 72.9 Å². The van der Waals surface area contributed by atoms with Gasteiger partial charge in [-0.2, -0.15) is 0 Å². The van der Waals surface area contributed by atoms with Crippen molar-refractivity contribution in [3.63, 3.8) is 0 Å². The molecule has 0 bridgehead atoms. The number of rotatable bonds is 76. The molecule has 0 saturated carbocycles. The Morgan fingerprint density at radius 2 is 0.593 bits per heavy atom. The van der Waals surface area contributed by atoms with E-state index in [-0.39, 0.29) is 18.9 Å². The number of carbonyl (C=O) groups is 1. The number of hydrogen-bond acceptors (Lipinski definition) is 18. The summed E-state index contributed by atoms with van der Waals surface area (Å²) in [7, 11) is 0. The van der Waals surface area contributed by atoms with Crippen molar-refractivity contribution < 1.29 is 89.4 Å². The molecule has 1 amide bonds. The van der Waals surface area contributed by atoms with Crippen LogP contribution >= 0.6 is 0 Å². The van der Waals surface area contributed by atoms with Gasteiger partial charge in [0.15, 0.2) is 18.9 Å². The van der Waals surface area contributed by atoms with Gasteiger partial charge >= 0.3 is 0 Å². The number of aliphatic hydroxyl groups is 11. The molecule has 0 aliphatic carbocycles. The van der Waals surface area contributed by atoms with Gasteiger partial charge in [-0.25, -0.2) is 0 Å². The largest absolute Gasteiger partial charge is 0.394 e. The standard InChI is InChI=1S/C94H171NO18/c1-3-5-7-9-11-13-15-17-19-21-23-25-27-29-31-33-34-35-36-37-38-39-40-41-42-44-46-48-50-52-54-56-58-60-62-64-66-68-70-72-82(100)95-77(78(99)71-69-67-65-63-61-59-57-55-53-51-49-47-45-43-32-30-28-26-24-22-20-18-16-14-12-10-8-6-4-2)76-108-92-88(106)85(103)90(80(74-97)110-92)113-94-89(107)86(104)91(81(75-98)111-94)112-93-87(105)84(102)83(101)79(73-96)109-93/h15,17,21,23,27,29,53,55,61,63,69,71,77-81,83-94,96-99,101-107H,3-14,16,18-20,22,24-26,28,30-52,54,56-60,62,64-68,70,72-76H2,1-2H3,(H,95,100)/b17-15-,23-21-,29-27-,55-53+,63-61+,71-69+. The summed E-state index contributed by atoms with van der Waals surface area (Å²) >= 11 is 0. The molecule has 19 heteroatoms. The third-order valence-corrected chi connectivity index (χ3v) is 23.0. The minimum atomic E-state index is -1.99. The number of nitrogens with one attached hydrogen (secondary N) is 1. The summed E-state index contributed by atoms with van der Waals surface area (Å²) in [6.07, 6.45) is 72.1. The van der Waals surface area contributed by atoms with E-state index in [9.17, 15) is 61.0 Å². The van der Waals surface area contributed by atoms with Crippen molar-refractivity contribution in [2.75, 3.05) is 26.4 Å². The number of ether oxygens (including phenoxy) is 6. The first-order valence-corrected chi connectivity index (χ1v) is 46.7.